The van der Waals surface area contributed by atoms with Crippen molar-refractivity contribution in [3.8, 4) is 23.0 Å². The van der Waals surface area contributed by atoms with E-state index in [9.17, 15) is 0 Å². The van der Waals surface area contributed by atoms with E-state index in [-0.39, 0.29) is 0 Å². The van der Waals surface area contributed by atoms with Crippen LogP contribution >= 0.6 is 13.8 Å². The summed E-state index contributed by atoms with van der Waals surface area (Å²) in [6.07, 6.45) is 9.57. The fraction of sp³-hybridized carbons (Fsp3) is 0. The van der Waals surface area contributed by atoms with Gasteiger partial charge in [-0.2, -0.15) is 0 Å². The first kappa shape index (κ1) is 27.2. The standard InChI is InChI=1S/C38H30O3P2/c1-42(29-15-7-3-8-16-29,30-17-9-4-10-18-30)37-27-25-35(40-37)33-23-24-34(39-33)36-26-28-38(41-36)43(2,31-19-11-5-12-20-31)32-21-13-6-14-22-32/h3-28H,1-2H2. The first-order valence-corrected chi connectivity index (χ1v) is 18.0. The molecular weight excluding hydrogens is 566 g/mol. The van der Waals surface area contributed by atoms with Crippen LogP contribution in [0.25, 0.3) is 23.0 Å². The summed E-state index contributed by atoms with van der Waals surface area (Å²) in [5, 5.41) is 4.62. The second-order valence-corrected chi connectivity index (χ2v) is 16.6. The van der Waals surface area contributed by atoms with Crippen LogP contribution in [-0.4, -0.2) is 12.6 Å². The summed E-state index contributed by atoms with van der Waals surface area (Å²) in [7, 11) is 0. The summed E-state index contributed by atoms with van der Waals surface area (Å²) in [6.45, 7) is -4.46. The minimum Gasteiger partial charge on any atom is -0.453 e. The molecule has 0 aliphatic carbocycles. The van der Waals surface area contributed by atoms with Crippen molar-refractivity contribution in [3.63, 3.8) is 0 Å². The summed E-state index contributed by atoms with van der Waals surface area (Å²) >= 11 is 0. The minimum atomic E-state index is -2.23. The summed E-state index contributed by atoms with van der Waals surface area (Å²) in [5.41, 5.74) is 1.69. The molecule has 0 spiro atoms. The Morgan fingerprint density at radius 2 is 0.558 bits per heavy atom. The Morgan fingerprint density at radius 1 is 0.302 bits per heavy atom. The zero-order chi connectivity index (χ0) is 29.3. The predicted octanol–water partition coefficient (Wildman–Crippen LogP) is 7.25. The van der Waals surface area contributed by atoms with Crippen LogP contribution in [0.2, 0.25) is 0 Å². The first-order valence-electron chi connectivity index (χ1n) is 14.1. The van der Waals surface area contributed by atoms with Gasteiger partial charge in [-0.05, 0) is 57.6 Å². The summed E-state index contributed by atoms with van der Waals surface area (Å²) in [4.78, 5) is 0. The van der Waals surface area contributed by atoms with Crippen LogP contribution in [-0.2, 0) is 0 Å². The molecule has 0 saturated heterocycles. The minimum absolute atomic E-state index is 0.633. The third-order valence-electron chi connectivity index (χ3n) is 7.82. The van der Waals surface area contributed by atoms with Gasteiger partial charge < -0.3 is 13.3 Å². The molecule has 0 bridgehead atoms. The van der Waals surface area contributed by atoms with Gasteiger partial charge in [-0.25, -0.2) is 0 Å². The van der Waals surface area contributed by atoms with Crippen molar-refractivity contribution in [2.45, 2.75) is 0 Å². The van der Waals surface area contributed by atoms with Crippen LogP contribution in [0.1, 0.15) is 0 Å². The average Bonchev–Trinajstić information content (AvgIpc) is 3.87. The van der Waals surface area contributed by atoms with Gasteiger partial charge in [0.25, 0.3) is 0 Å². The van der Waals surface area contributed by atoms with Crippen molar-refractivity contribution in [1.29, 1.82) is 0 Å². The van der Waals surface area contributed by atoms with Crippen molar-refractivity contribution in [2.75, 3.05) is 0 Å². The molecule has 4 aromatic carbocycles. The van der Waals surface area contributed by atoms with Gasteiger partial charge in [0.15, 0.2) is 23.0 Å². The van der Waals surface area contributed by atoms with Crippen molar-refractivity contribution >= 4 is 58.6 Å². The molecule has 210 valence electrons. The molecule has 0 aliphatic heterocycles. The Morgan fingerprint density at radius 3 is 0.860 bits per heavy atom. The van der Waals surface area contributed by atoms with Crippen LogP contribution in [0.15, 0.2) is 171 Å². The van der Waals surface area contributed by atoms with Gasteiger partial charge in [-0.1, -0.05) is 134 Å². The number of hydrogen-bond acceptors (Lipinski definition) is 3. The molecule has 0 radical (unpaired) electrons. The van der Waals surface area contributed by atoms with E-state index in [0.717, 1.165) is 32.2 Å². The zero-order valence-electron chi connectivity index (χ0n) is 23.5. The molecule has 0 fully saturated rings. The topological polar surface area (TPSA) is 39.4 Å². The predicted molar refractivity (Wildman–Crippen MR) is 186 cm³/mol. The van der Waals surface area contributed by atoms with E-state index in [0.29, 0.717) is 23.0 Å². The molecule has 7 aromatic rings. The van der Waals surface area contributed by atoms with Crippen LogP contribution in [0.5, 0.6) is 0 Å². The van der Waals surface area contributed by atoms with Crippen LogP contribution < -0.4 is 32.2 Å². The highest BCUT2D eigenvalue weighted by Crippen LogP contribution is 2.45. The lowest BCUT2D eigenvalue weighted by atomic mass is 10.3. The van der Waals surface area contributed by atoms with E-state index in [2.05, 4.69) is 97.1 Å². The van der Waals surface area contributed by atoms with E-state index in [1.165, 1.54) is 0 Å². The maximum Gasteiger partial charge on any atom is 0.170 e. The quantitative estimate of drug-likeness (QED) is 0.174. The summed E-state index contributed by atoms with van der Waals surface area (Å²) < 4.78 is 19.4. The molecule has 0 unspecified atom stereocenters. The Bertz CT molecular complexity index is 1830. The third kappa shape index (κ3) is 4.82. The van der Waals surface area contributed by atoms with Crippen LogP contribution in [0.3, 0.4) is 0 Å². The molecule has 43 heavy (non-hydrogen) atoms. The molecule has 0 aliphatic rings. The SMILES string of the molecule is C=P(c1ccccc1)(c1ccccc1)c1ccc(-c2ccc(-c3ccc(P(=C)(c4ccccc4)c4ccccc4)o3)o2)o1. The van der Waals surface area contributed by atoms with Crippen molar-refractivity contribution in [3.05, 3.63) is 158 Å². The Kier molecular flexibility index (Phi) is 7.07. The van der Waals surface area contributed by atoms with E-state index < -0.39 is 13.8 Å². The number of furan rings is 3. The van der Waals surface area contributed by atoms with Crippen molar-refractivity contribution < 1.29 is 13.3 Å². The molecule has 7 rings (SSSR count). The van der Waals surface area contributed by atoms with Crippen molar-refractivity contribution in [1.82, 2.24) is 0 Å². The summed E-state index contributed by atoms with van der Waals surface area (Å²) in [6, 6.07) is 53.4. The average molecular weight is 597 g/mol. The second kappa shape index (κ2) is 11.2. The van der Waals surface area contributed by atoms with Crippen LogP contribution in [0, 0.1) is 0 Å². The number of benzene rings is 4. The number of hydrogen-bond donors (Lipinski definition) is 0. The monoisotopic (exact) mass is 596 g/mol. The maximum absolute atomic E-state index is 6.53. The molecule has 3 aromatic heterocycles. The Balaban J connectivity index is 1.24. The van der Waals surface area contributed by atoms with Gasteiger partial charge in [0.05, 0.1) is 0 Å². The first-order chi connectivity index (χ1) is 21.1. The normalized spacial score (nSPS) is 11.9. The Hall–Kier alpha value is -4.68. The number of rotatable bonds is 8. The fourth-order valence-corrected chi connectivity index (χ4v) is 11.0. The zero-order valence-corrected chi connectivity index (χ0v) is 25.3. The molecule has 5 heteroatoms. The largest absolute Gasteiger partial charge is 0.453 e. The highest BCUT2D eigenvalue weighted by atomic mass is 31.2. The lowest BCUT2D eigenvalue weighted by Gasteiger charge is -2.23. The van der Waals surface area contributed by atoms with Gasteiger partial charge in [-0.15, -0.1) is 0 Å². The summed E-state index contributed by atoms with van der Waals surface area (Å²) in [5.74, 6) is 2.57. The second-order valence-electron chi connectivity index (χ2n) is 10.4. The molecular formula is C38H30O3P2. The van der Waals surface area contributed by atoms with Gasteiger partial charge in [-0.3, -0.25) is 0 Å². The molecule has 0 amide bonds. The van der Waals surface area contributed by atoms with Crippen LogP contribution in [0.4, 0.5) is 0 Å². The molecule has 0 saturated carbocycles. The van der Waals surface area contributed by atoms with E-state index in [1.54, 1.807) is 0 Å². The molecule has 0 atom stereocenters. The fourth-order valence-electron chi connectivity index (χ4n) is 5.47. The van der Waals surface area contributed by atoms with Gasteiger partial charge in [0, 0.05) is 13.8 Å². The Labute approximate surface area is 252 Å². The molecule has 3 heterocycles. The highest BCUT2D eigenvalue weighted by Gasteiger charge is 2.28. The van der Waals surface area contributed by atoms with E-state index in [4.69, 9.17) is 25.9 Å². The highest BCUT2D eigenvalue weighted by molar-refractivity contribution is 7.93. The van der Waals surface area contributed by atoms with Crippen molar-refractivity contribution in [2.24, 2.45) is 0 Å². The maximum atomic E-state index is 6.53. The lowest BCUT2D eigenvalue weighted by Crippen LogP contribution is -2.24. The molecule has 0 N–H and O–H groups in total. The lowest BCUT2D eigenvalue weighted by molar-refractivity contribution is 0.524. The molecule has 3 nitrogen and oxygen atoms in total. The van der Waals surface area contributed by atoms with E-state index >= 15 is 0 Å². The van der Waals surface area contributed by atoms with Gasteiger partial charge >= 0.3 is 0 Å². The smallest absolute Gasteiger partial charge is 0.170 e. The van der Waals surface area contributed by atoms with Gasteiger partial charge in [0.1, 0.15) is 11.0 Å². The third-order valence-corrected chi connectivity index (χ3v) is 14.5. The van der Waals surface area contributed by atoms with Gasteiger partial charge in [0.2, 0.25) is 0 Å². The van der Waals surface area contributed by atoms with E-state index in [1.807, 2.05) is 60.7 Å².